The van der Waals surface area contributed by atoms with Crippen LogP contribution in [0.5, 0.6) is 0 Å². The lowest BCUT2D eigenvalue weighted by molar-refractivity contribution is -0.139. The van der Waals surface area contributed by atoms with Crippen LogP contribution < -0.4 is 0 Å². The Morgan fingerprint density at radius 2 is 1.92 bits per heavy atom. The molecule has 0 aromatic carbocycles. The van der Waals surface area contributed by atoms with Gasteiger partial charge in [0.2, 0.25) is 5.91 Å². The fourth-order valence-electron chi connectivity index (χ4n) is 4.88. The van der Waals surface area contributed by atoms with Crippen molar-refractivity contribution in [2.24, 2.45) is 0 Å². The molecular formula is C20H30N2OS2. The van der Waals surface area contributed by atoms with Gasteiger partial charge in [0.05, 0.1) is 11.5 Å². The number of likely N-dealkylation sites (tertiary alicyclic amines) is 1. The lowest BCUT2D eigenvalue weighted by Gasteiger charge is -2.39. The molecule has 0 N–H and O–H groups in total. The molecule has 3 fully saturated rings. The van der Waals surface area contributed by atoms with Crippen LogP contribution in [0, 0.1) is 0 Å². The lowest BCUT2D eigenvalue weighted by Crippen LogP contribution is -2.53. The molecule has 25 heavy (non-hydrogen) atoms. The van der Waals surface area contributed by atoms with Crippen LogP contribution in [0.2, 0.25) is 0 Å². The first-order chi connectivity index (χ1) is 12.3. The SMILES string of the molecule is O=C(N1CCCSCC1CN1CCCC1)C1(c2cccs2)CCCC1. The van der Waals surface area contributed by atoms with E-state index in [-0.39, 0.29) is 5.41 Å². The van der Waals surface area contributed by atoms with Crippen LogP contribution in [0.25, 0.3) is 0 Å². The minimum Gasteiger partial charge on any atom is -0.337 e. The van der Waals surface area contributed by atoms with Crippen LogP contribution in [-0.4, -0.2) is 59.4 Å². The molecule has 1 aromatic heterocycles. The summed E-state index contributed by atoms with van der Waals surface area (Å²) in [6.45, 7) is 4.48. The molecule has 1 aliphatic carbocycles. The zero-order valence-electron chi connectivity index (χ0n) is 15.1. The van der Waals surface area contributed by atoms with Crippen LogP contribution in [0.4, 0.5) is 0 Å². The van der Waals surface area contributed by atoms with Crippen molar-refractivity contribution in [2.75, 3.05) is 37.7 Å². The molecule has 1 aromatic rings. The van der Waals surface area contributed by atoms with E-state index in [1.807, 2.05) is 11.8 Å². The van der Waals surface area contributed by atoms with Gasteiger partial charge in [0.1, 0.15) is 0 Å². The van der Waals surface area contributed by atoms with Crippen molar-refractivity contribution in [3.63, 3.8) is 0 Å². The summed E-state index contributed by atoms with van der Waals surface area (Å²) in [4.78, 5) is 20.1. The topological polar surface area (TPSA) is 23.6 Å². The van der Waals surface area contributed by atoms with Gasteiger partial charge < -0.3 is 9.80 Å². The van der Waals surface area contributed by atoms with Crippen molar-refractivity contribution in [1.29, 1.82) is 0 Å². The van der Waals surface area contributed by atoms with E-state index in [2.05, 4.69) is 27.3 Å². The second-order valence-corrected chi connectivity index (χ2v) is 9.95. The summed E-state index contributed by atoms with van der Waals surface area (Å²) in [5, 5.41) is 2.14. The van der Waals surface area contributed by atoms with E-state index in [4.69, 9.17) is 0 Å². The van der Waals surface area contributed by atoms with Crippen molar-refractivity contribution >= 4 is 29.0 Å². The average Bonchev–Trinajstić information content (AvgIpc) is 3.36. The second-order valence-electron chi connectivity index (χ2n) is 7.86. The van der Waals surface area contributed by atoms with Gasteiger partial charge in [-0.15, -0.1) is 11.3 Å². The quantitative estimate of drug-likeness (QED) is 0.791. The van der Waals surface area contributed by atoms with E-state index in [1.54, 1.807) is 11.3 Å². The van der Waals surface area contributed by atoms with Gasteiger partial charge in [0, 0.05) is 23.7 Å². The van der Waals surface area contributed by atoms with Crippen LogP contribution in [-0.2, 0) is 10.2 Å². The Balaban J connectivity index is 1.58. The monoisotopic (exact) mass is 378 g/mol. The molecule has 5 heteroatoms. The molecular weight excluding hydrogens is 348 g/mol. The first kappa shape index (κ1) is 17.9. The molecule has 1 saturated carbocycles. The van der Waals surface area contributed by atoms with E-state index >= 15 is 0 Å². The normalized spacial score (nSPS) is 27.5. The predicted octanol–water partition coefficient (Wildman–Crippen LogP) is 3.99. The maximum atomic E-state index is 13.9. The van der Waals surface area contributed by atoms with Gasteiger partial charge >= 0.3 is 0 Å². The zero-order valence-corrected chi connectivity index (χ0v) is 16.8. The fourth-order valence-corrected chi connectivity index (χ4v) is 6.92. The number of thiophene rings is 1. The highest BCUT2D eigenvalue weighted by Crippen LogP contribution is 2.45. The highest BCUT2D eigenvalue weighted by atomic mass is 32.2. The van der Waals surface area contributed by atoms with Gasteiger partial charge in [-0.1, -0.05) is 18.9 Å². The summed E-state index contributed by atoms with van der Waals surface area (Å²) < 4.78 is 0. The zero-order chi connectivity index (χ0) is 17.1. The molecule has 2 saturated heterocycles. The van der Waals surface area contributed by atoms with E-state index < -0.39 is 0 Å². The summed E-state index contributed by atoms with van der Waals surface area (Å²) in [6.07, 6.45) is 8.29. The summed E-state index contributed by atoms with van der Waals surface area (Å²) >= 11 is 3.84. The number of hydrogen-bond acceptors (Lipinski definition) is 4. The number of hydrogen-bond donors (Lipinski definition) is 0. The maximum Gasteiger partial charge on any atom is 0.234 e. The van der Waals surface area contributed by atoms with E-state index in [9.17, 15) is 4.79 Å². The maximum absolute atomic E-state index is 13.9. The number of carbonyl (C=O) groups is 1. The summed E-state index contributed by atoms with van der Waals surface area (Å²) in [5.41, 5.74) is -0.216. The summed E-state index contributed by atoms with van der Waals surface area (Å²) in [7, 11) is 0. The van der Waals surface area contributed by atoms with Crippen molar-refractivity contribution < 1.29 is 4.79 Å². The third kappa shape index (κ3) is 3.65. The van der Waals surface area contributed by atoms with Crippen LogP contribution in [0.3, 0.4) is 0 Å². The Bertz CT molecular complexity index is 562. The smallest absolute Gasteiger partial charge is 0.234 e. The number of amides is 1. The average molecular weight is 379 g/mol. The molecule has 1 atom stereocenters. The molecule has 1 unspecified atom stereocenters. The van der Waals surface area contributed by atoms with Crippen molar-refractivity contribution in [3.05, 3.63) is 22.4 Å². The molecule has 3 aliphatic rings. The highest BCUT2D eigenvalue weighted by molar-refractivity contribution is 7.99. The van der Waals surface area contributed by atoms with Gasteiger partial charge in [-0.3, -0.25) is 4.79 Å². The Labute approximate surface area is 160 Å². The molecule has 0 radical (unpaired) electrons. The van der Waals surface area contributed by atoms with Crippen LogP contribution in [0.15, 0.2) is 17.5 Å². The summed E-state index contributed by atoms with van der Waals surface area (Å²) in [6, 6.07) is 4.72. The van der Waals surface area contributed by atoms with E-state index in [0.717, 1.165) is 38.1 Å². The second kappa shape index (κ2) is 8.01. The Kier molecular flexibility index (Phi) is 5.73. The standard InChI is InChI=1S/C20H30N2OS2/c23-19(20(8-1-2-9-20)18-7-5-14-25-18)22-12-6-13-24-16-17(22)15-21-10-3-4-11-21/h5,7,14,17H,1-4,6,8-13,15-16H2. The van der Waals surface area contributed by atoms with Crippen molar-refractivity contribution in [3.8, 4) is 0 Å². The third-order valence-corrected chi connectivity index (χ3v) is 8.50. The largest absolute Gasteiger partial charge is 0.337 e. The third-order valence-electron chi connectivity index (χ3n) is 6.23. The first-order valence-corrected chi connectivity index (χ1v) is 12.0. The van der Waals surface area contributed by atoms with Crippen molar-refractivity contribution in [1.82, 2.24) is 9.80 Å². The van der Waals surface area contributed by atoms with Gasteiger partial charge in [0.25, 0.3) is 0 Å². The fraction of sp³-hybridized carbons (Fsp3) is 0.750. The minimum absolute atomic E-state index is 0.216. The molecule has 4 rings (SSSR count). The van der Waals surface area contributed by atoms with E-state index in [1.165, 1.54) is 49.4 Å². The molecule has 138 valence electrons. The lowest BCUT2D eigenvalue weighted by atomic mass is 9.82. The Morgan fingerprint density at radius 1 is 1.12 bits per heavy atom. The molecule has 0 bridgehead atoms. The van der Waals surface area contributed by atoms with Crippen LogP contribution >= 0.6 is 23.1 Å². The van der Waals surface area contributed by atoms with Crippen molar-refractivity contribution in [2.45, 2.75) is 56.4 Å². The molecule has 3 heterocycles. The molecule has 1 amide bonds. The Morgan fingerprint density at radius 3 is 2.64 bits per heavy atom. The van der Waals surface area contributed by atoms with Gasteiger partial charge in [0.15, 0.2) is 0 Å². The van der Waals surface area contributed by atoms with Gasteiger partial charge in [-0.25, -0.2) is 0 Å². The Hall–Kier alpha value is -0.520. The predicted molar refractivity (Wildman–Crippen MR) is 108 cm³/mol. The number of carbonyl (C=O) groups excluding carboxylic acids is 1. The van der Waals surface area contributed by atoms with Gasteiger partial charge in [-0.05, 0) is 62.4 Å². The first-order valence-electron chi connectivity index (χ1n) is 9.95. The number of thioether (sulfide) groups is 1. The minimum atomic E-state index is -0.216. The highest BCUT2D eigenvalue weighted by Gasteiger charge is 2.47. The molecule has 0 spiro atoms. The number of rotatable bonds is 4. The van der Waals surface area contributed by atoms with Gasteiger partial charge in [-0.2, -0.15) is 11.8 Å². The summed E-state index contributed by atoms with van der Waals surface area (Å²) in [5.74, 6) is 2.76. The molecule has 2 aliphatic heterocycles. The number of nitrogens with zero attached hydrogens (tertiary/aromatic N) is 2. The van der Waals surface area contributed by atoms with E-state index in [0.29, 0.717) is 11.9 Å². The molecule has 3 nitrogen and oxygen atoms in total. The van der Waals surface area contributed by atoms with Crippen LogP contribution in [0.1, 0.15) is 49.8 Å².